The zero-order chi connectivity index (χ0) is 13.1. The third kappa shape index (κ3) is 8.97. The van der Waals surface area contributed by atoms with E-state index in [1.807, 2.05) is 0 Å². The molecule has 1 nitrogen and oxygen atoms in total. The molecule has 0 atom stereocenters. The van der Waals surface area contributed by atoms with E-state index in [0.29, 0.717) is 0 Å². The molecule has 1 aliphatic carbocycles. The zero-order valence-electron chi connectivity index (χ0n) is 12.8. The lowest BCUT2D eigenvalue weighted by molar-refractivity contribution is 0.412. The molecule has 1 fully saturated rings. The molecule has 0 radical (unpaired) electrons. The zero-order valence-corrected chi connectivity index (χ0v) is 12.8. The summed E-state index contributed by atoms with van der Waals surface area (Å²) in [5.41, 5.74) is 0. The van der Waals surface area contributed by atoms with Crippen molar-refractivity contribution in [3.05, 3.63) is 0 Å². The van der Waals surface area contributed by atoms with Crippen molar-refractivity contribution < 1.29 is 0 Å². The Bertz CT molecular complexity index is 164. The monoisotopic (exact) mass is 253 g/mol. The van der Waals surface area contributed by atoms with Gasteiger partial charge in [0.15, 0.2) is 0 Å². The van der Waals surface area contributed by atoms with Crippen molar-refractivity contribution >= 4 is 0 Å². The Morgan fingerprint density at radius 3 is 2.00 bits per heavy atom. The summed E-state index contributed by atoms with van der Waals surface area (Å²) in [4.78, 5) is 0. The topological polar surface area (TPSA) is 12.0 Å². The molecule has 0 aliphatic heterocycles. The summed E-state index contributed by atoms with van der Waals surface area (Å²) >= 11 is 0. The molecule has 1 saturated carbocycles. The first-order valence-electron chi connectivity index (χ1n) is 8.60. The second kappa shape index (κ2) is 10.8. The SMILES string of the molecule is CCCCCC(CCCCC)NCCCC1CC1. The smallest absolute Gasteiger partial charge is 0.00670 e. The van der Waals surface area contributed by atoms with Gasteiger partial charge < -0.3 is 5.32 Å². The molecule has 0 amide bonds. The van der Waals surface area contributed by atoms with Gasteiger partial charge in [-0.15, -0.1) is 0 Å². The van der Waals surface area contributed by atoms with Crippen LogP contribution >= 0.6 is 0 Å². The van der Waals surface area contributed by atoms with Gasteiger partial charge in [-0.1, -0.05) is 65.2 Å². The number of hydrogen-bond acceptors (Lipinski definition) is 1. The predicted octanol–water partition coefficient (Wildman–Crippen LogP) is 5.30. The second-order valence-electron chi connectivity index (χ2n) is 6.23. The molecule has 1 aliphatic rings. The van der Waals surface area contributed by atoms with Gasteiger partial charge in [-0.2, -0.15) is 0 Å². The highest BCUT2D eigenvalue weighted by molar-refractivity contribution is 4.74. The number of hydrogen-bond donors (Lipinski definition) is 1. The Labute approximate surface area is 115 Å². The Kier molecular flexibility index (Phi) is 9.65. The summed E-state index contributed by atoms with van der Waals surface area (Å²) in [6.07, 6.45) is 17.1. The lowest BCUT2D eigenvalue weighted by Crippen LogP contribution is -2.30. The first-order valence-corrected chi connectivity index (χ1v) is 8.60. The van der Waals surface area contributed by atoms with Crippen molar-refractivity contribution in [2.75, 3.05) is 6.54 Å². The molecule has 0 saturated heterocycles. The summed E-state index contributed by atoms with van der Waals surface area (Å²) in [6.45, 7) is 5.86. The third-order valence-electron chi connectivity index (χ3n) is 4.23. The molecule has 0 aromatic rings. The van der Waals surface area contributed by atoms with Crippen molar-refractivity contribution in [3.63, 3.8) is 0 Å². The van der Waals surface area contributed by atoms with Crippen LogP contribution in [-0.4, -0.2) is 12.6 Å². The molecular formula is C17H35N. The van der Waals surface area contributed by atoms with Crippen LogP contribution in [0.2, 0.25) is 0 Å². The predicted molar refractivity (Wildman–Crippen MR) is 82.0 cm³/mol. The van der Waals surface area contributed by atoms with Gasteiger partial charge in [-0.3, -0.25) is 0 Å². The molecule has 1 heteroatoms. The van der Waals surface area contributed by atoms with E-state index in [1.54, 1.807) is 0 Å². The van der Waals surface area contributed by atoms with Crippen LogP contribution in [0, 0.1) is 5.92 Å². The summed E-state index contributed by atoms with van der Waals surface area (Å²) in [5, 5.41) is 3.82. The van der Waals surface area contributed by atoms with Crippen LogP contribution in [-0.2, 0) is 0 Å². The van der Waals surface area contributed by atoms with Crippen molar-refractivity contribution in [1.82, 2.24) is 5.32 Å². The van der Waals surface area contributed by atoms with Crippen LogP contribution in [0.25, 0.3) is 0 Å². The Morgan fingerprint density at radius 1 is 0.889 bits per heavy atom. The molecule has 0 aromatic heterocycles. The molecule has 0 aromatic carbocycles. The van der Waals surface area contributed by atoms with E-state index in [9.17, 15) is 0 Å². The van der Waals surface area contributed by atoms with Gasteiger partial charge in [0.1, 0.15) is 0 Å². The maximum absolute atomic E-state index is 3.82. The molecule has 1 N–H and O–H groups in total. The van der Waals surface area contributed by atoms with E-state index in [1.165, 1.54) is 83.6 Å². The van der Waals surface area contributed by atoms with Crippen LogP contribution < -0.4 is 5.32 Å². The first kappa shape index (κ1) is 16.0. The summed E-state index contributed by atoms with van der Waals surface area (Å²) < 4.78 is 0. The molecular weight excluding hydrogens is 218 g/mol. The fourth-order valence-corrected chi connectivity index (χ4v) is 2.73. The van der Waals surface area contributed by atoms with Gasteiger partial charge in [0, 0.05) is 6.04 Å². The molecule has 108 valence electrons. The molecule has 0 unspecified atom stereocenters. The van der Waals surface area contributed by atoms with Crippen LogP contribution in [0.4, 0.5) is 0 Å². The third-order valence-corrected chi connectivity index (χ3v) is 4.23. The standard InChI is InChI=1S/C17H35N/c1-3-5-7-11-17(12-8-6-4-2)18-15-9-10-16-13-14-16/h16-18H,3-15H2,1-2H3. The van der Waals surface area contributed by atoms with E-state index in [-0.39, 0.29) is 0 Å². The highest BCUT2D eigenvalue weighted by Gasteiger charge is 2.20. The largest absolute Gasteiger partial charge is 0.314 e. The van der Waals surface area contributed by atoms with Gasteiger partial charge in [0.2, 0.25) is 0 Å². The quantitative estimate of drug-likeness (QED) is 0.439. The van der Waals surface area contributed by atoms with Gasteiger partial charge >= 0.3 is 0 Å². The minimum Gasteiger partial charge on any atom is -0.314 e. The van der Waals surface area contributed by atoms with Crippen LogP contribution in [0.3, 0.4) is 0 Å². The van der Waals surface area contributed by atoms with E-state index in [2.05, 4.69) is 19.2 Å². The highest BCUT2D eigenvalue weighted by atomic mass is 14.9. The van der Waals surface area contributed by atoms with Gasteiger partial charge in [0.25, 0.3) is 0 Å². The van der Waals surface area contributed by atoms with E-state index >= 15 is 0 Å². The molecule has 0 bridgehead atoms. The number of rotatable bonds is 13. The van der Waals surface area contributed by atoms with Gasteiger partial charge in [-0.25, -0.2) is 0 Å². The molecule has 0 heterocycles. The summed E-state index contributed by atoms with van der Waals surface area (Å²) in [6, 6.07) is 0.808. The first-order chi connectivity index (χ1) is 8.86. The van der Waals surface area contributed by atoms with Crippen molar-refractivity contribution in [2.45, 2.75) is 96.9 Å². The van der Waals surface area contributed by atoms with Crippen molar-refractivity contribution in [1.29, 1.82) is 0 Å². The van der Waals surface area contributed by atoms with Crippen LogP contribution in [0.5, 0.6) is 0 Å². The molecule has 0 spiro atoms. The minimum atomic E-state index is 0.808. The molecule has 1 rings (SSSR count). The second-order valence-corrected chi connectivity index (χ2v) is 6.23. The summed E-state index contributed by atoms with van der Waals surface area (Å²) in [5.74, 6) is 1.10. The highest BCUT2D eigenvalue weighted by Crippen LogP contribution is 2.33. The number of nitrogens with one attached hydrogen (secondary N) is 1. The van der Waals surface area contributed by atoms with Crippen molar-refractivity contribution in [3.8, 4) is 0 Å². The van der Waals surface area contributed by atoms with Crippen LogP contribution in [0.15, 0.2) is 0 Å². The normalized spacial score (nSPS) is 15.5. The van der Waals surface area contributed by atoms with Crippen molar-refractivity contribution in [2.24, 2.45) is 5.92 Å². The Balaban J connectivity index is 2.02. The fraction of sp³-hybridized carbons (Fsp3) is 1.00. The Morgan fingerprint density at radius 2 is 1.50 bits per heavy atom. The number of unbranched alkanes of at least 4 members (excludes halogenated alkanes) is 4. The van der Waals surface area contributed by atoms with Crippen LogP contribution in [0.1, 0.15) is 90.9 Å². The maximum atomic E-state index is 3.82. The van der Waals surface area contributed by atoms with E-state index in [0.717, 1.165) is 12.0 Å². The summed E-state index contributed by atoms with van der Waals surface area (Å²) in [7, 11) is 0. The minimum absolute atomic E-state index is 0.808. The average molecular weight is 253 g/mol. The van der Waals surface area contributed by atoms with Gasteiger partial charge in [-0.05, 0) is 38.1 Å². The lowest BCUT2D eigenvalue weighted by atomic mass is 10.0. The van der Waals surface area contributed by atoms with E-state index < -0.39 is 0 Å². The lowest BCUT2D eigenvalue weighted by Gasteiger charge is -2.18. The maximum Gasteiger partial charge on any atom is 0.00670 e. The fourth-order valence-electron chi connectivity index (χ4n) is 2.73. The average Bonchev–Trinajstić information content (AvgIpc) is 3.18. The molecule has 18 heavy (non-hydrogen) atoms. The van der Waals surface area contributed by atoms with Gasteiger partial charge in [0.05, 0.1) is 0 Å². The Hall–Kier alpha value is -0.0400. The van der Waals surface area contributed by atoms with E-state index in [4.69, 9.17) is 0 Å².